The number of carbonyl (C=O) groups is 1. The van der Waals surface area contributed by atoms with Crippen molar-refractivity contribution in [3.63, 3.8) is 0 Å². The normalized spacial score (nSPS) is 10.4. The van der Waals surface area contributed by atoms with Crippen molar-refractivity contribution in [2.24, 2.45) is 0 Å². The van der Waals surface area contributed by atoms with Crippen LogP contribution in [0.4, 0.5) is 0 Å². The quantitative estimate of drug-likeness (QED) is 0.735. The van der Waals surface area contributed by atoms with Crippen molar-refractivity contribution < 1.29 is 4.79 Å². The average molecular weight is 214 g/mol. The highest BCUT2D eigenvalue weighted by Crippen LogP contribution is 2.05. The van der Waals surface area contributed by atoms with E-state index < -0.39 is 0 Å². The Balaban J connectivity index is 2.11. The average Bonchev–Trinajstić information content (AvgIpc) is 2.65. The Morgan fingerprint density at radius 3 is 2.44 bits per heavy atom. The highest BCUT2D eigenvalue weighted by Gasteiger charge is 2.06. The maximum Gasteiger partial charge on any atom is 0.184 e. The maximum absolute atomic E-state index is 11.9. The first-order chi connectivity index (χ1) is 7.65. The molecular formula is C13H14N2O. The summed E-state index contributed by atoms with van der Waals surface area (Å²) in [5.41, 5.74) is 2.82. The van der Waals surface area contributed by atoms with E-state index in [9.17, 15) is 4.79 Å². The van der Waals surface area contributed by atoms with Gasteiger partial charge in [0.25, 0.3) is 0 Å². The van der Waals surface area contributed by atoms with Crippen LogP contribution >= 0.6 is 0 Å². The largest absolute Gasteiger partial charge is 0.292 e. The molecule has 1 aromatic heterocycles. The van der Waals surface area contributed by atoms with E-state index in [-0.39, 0.29) is 5.78 Å². The van der Waals surface area contributed by atoms with Crippen LogP contribution in [0.2, 0.25) is 0 Å². The second kappa shape index (κ2) is 4.31. The van der Waals surface area contributed by atoms with Crippen LogP contribution in [0, 0.1) is 13.8 Å². The van der Waals surface area contributed by atoms with Crippen molar-refractivity contribution in [2.75, 3.05) is 0 Å². The maximum atomic E-state index is 11.9. The smallest absolute Gasteiger partial charge is 0.184 e. The van der Waals surface area contributed by atoms with Crippen LogP contribution in [0.25, 0.3) is 0 Å². The van der Waals surface area contributed by atoms with Crippen molar-refractivity contribution >= 4 is 5.78 Å². The Hall–Kier alpha value is -1.90. The molecular weight excluding hydrogens is 200 g/mol. The lowest BCUT2D eigenvalue weighted by molar-refractivity contribution is 0.0967. The van der Waals surface area contributed by atoms with Gasteiger partial charge in [0.1, 0.15) is 6.54 Å². The van der Waals surface area contributed by atoms with Crippen molar-refractivity contribution in [3.8, 4) is 0 Å². The first-order valence-electron chi connectivity index (χ1n) is 5.25. The van der Waals surface area contributed by atoms with Gasteiger partial charge in [-0.05, 0) is 19.9 Å². The zero-order valence-electron chi connectivity index (χ0n) is 9.47. The summed E-state index contributed by atoms with van der Waals surface area (Å²) in [6.45, 7) is 4.22. The number of hydrogen-bond donors (Lipinski definition) is 0. The van der Waals surface area contributed by atoms with E-state index in [0.717, 1.165) is 16.8 Å². The molecule has 2 rings (SSSR count). The highest BCUT2D eigenvalue weighted by molar-refractivity contribution is 5.95. The third kappa shape index (κ3) is 2.37. The van der Waals surface area contributed by atoms with Crippen LogP contribution in [0.5, 0.6) is 0 Å². The van der Waals surface area contributed by atoms with Gasteiger partial charge in [-0.25, -0.2) is 0 Å². The van der Waals surface area contributed by atoms with Crippen molar-refractivity contribution in [3.05, 3.63) is 53.3 Å². The summed E-state index contributed by atoms with van der Waals surface area (Å²) in [7, 11) is 0. The molecule has 0 unspecified atom stereocenters. The van der Waals surface area contributed by atoms with Gasteiger partial charge in [0, 0.05) is 11.8 Å². The molecule has 82 valence electrons. The van der Waals surface area contributed by atoms with Crippen molar-refractivity contribution in [2.45, 2.75) is 20.4 Å². The molecule has 0 atom stereocenters. The SMILES string of the molecule is Cc1ccc(C(=O)Cn2ccc(C)n2)cc1. The number of rotatable bonds is 3. The van der Waals surface area contributed by atoms with Crippen LogP contribution in [0.1, 0.15) is 21.6 Å². The van der Waals surface area contributed by atoms with E-state index in [1.165, 1.54) is 0 Å². The highest BCUT2D eigenvalue weighted by atomic mass is 16.1. The second-order valence-electron chi connectivity index (χ2n) is 3.94. The minimum atomic E-state index is 0.0862. The molecule has 3 nitrogen and oxygen atoms in total. The fraction of sp³-hybridized carbons (Fsp3) is 0.231. The molecule has 2 aromatic rings. The van der Waals surface area contributed by atoms with E-state index in [1.54, 1.807) is 4.68 Å². The minimum absolute atomic E-state index is 0.0862. The number of nitrogens with zero attached hydrogens (tertiary/aromatic N) is 2. The fourth-order valence-corrected chi connectivity index (χ4v) is 1.53. The van der Waals surface area contributed by atoms with Gasteiger partial charge in [-0.2, -0.15) is 5.10 Å². The summed E-state index contributed by atoms with van der Waals surface area (Å²) in [5.74, 6) is 0.0862. The van der Waals surface area contributed by atoms with Gasteiger partial charge in [-0.3, -0.25) is 9.48 Å². The molecule has 0 aliphatic heterocycles. The van der Waals surface area contributed by atoms with Crippen molar-refractivity contribution in [1.29, 1.82) is 0 Å². The Labute approximate surface area is 94.7 Å². The zero-order chi connectivity index (χ0) is 11.5. The molecule has 0 aliphatic rings. The topological polar surface area (TPSA) is 34.9 Å². The number of aromatic nitrogens is 2. The molecule has 0 spiro atoms. The monoisotopic (exact) mass is 214 g/mol. The molecule has 0 radical (unpaired) electrons. The molecule has 1 heterocycles. The first-order valence-corrected chi connectivity index (χ1v) is 5.25. The number of carbonyl (C=O) groups excluding carboxylic acids is 1. The molecule has 16 heavy (non-hydrogen) atoms. The molecule has 0 bridgehead atoms. The van der Waals surface area contributed by atoms with Crippen LogP contribution in [0.3, 0.4) is 0 Å². The summed E-state index contributed by atoms with van der Waals surface area (Å²) < 4.78 is 1.66. The molecule has 1 aromatic carbocycles. The van der Waals surface area contributed by atoms with E-state index in [0.29, 0.717) is 6.54 Å². The summed E-state index contributed by atoms with van der Waals surface area (Å²) in [6.07, 6.45) is 1.82. The molecule has 0 N–H and O–H groups in total. The number of hydrogen-bond acceptors (Lipinski definition) is 2. The van der Waals surface area contributed by atoms with Gasteiger partial charge in [0.15, 0.2) is 5.78 Å². The summed E-state index contributed by atoms with van der Waals surface area (Å²) in [6, 6.07) is 9.49. The van der Waals surface area contributed by atoms with Gasteiger partial charge >= 0.3 is 0 Å². The number of Topliss-reactive ketones (excluding diaryl/α,β-unsaturated/α-hetero) is 1. The standard InChI is InChI=1S/C13H14N2O/c1-10-3-5-12(6-4-10)13(16)9-15-8-7-11(2)14-15/h3-8H,9H2,1-2H3. The predicted octanol–water partition coefficient (Wildman–Crippen LogP) is 2.38. The van der Waals surface area contributed by atoms with E-state index >= 15 is 0 Å². The van der Waals surface area contributed by atoms with Gasteiger partial charge in [-0.15, -0.1) is 0 Å². The number of benzene rings is 1. The number of ketones is 1. The third-order valence-electron chi connectivity index (χ3n) is 2.45. The lowest BCUT2D eigenvalue weighted by Gasteiger charge is -2.01. The zero-order valence-corrected chi connectivity index (χ0v) is 9.47. The Kier molecular flexibility index (Phi) is 2.86. The second-order valence-corrected chi connectivity index (χ2v) is 3.94. The predicted molar refractivity (Wildman–Crippen MR) is 62.5 cm³/mol. The van der Waals surface area contributed by atoms with E-state index in [4.69, 9.17) is 0 Å². The van der Waals surface area contributed by atoms with Crippen LogP contribution in [-0.4, -0.2) is 15.6 Å². The van der Waals surface area contributed by atoms with Gasteiger partial charge in [-0.1, -0.05) is 29.8 Å². The van der Waals surface area contributed by atoms with Crippen molar-refractivity contribution in [1.82, 2.24) is 9.78 Å². The van der Waals surface area contributed by atoms with Crippen LogP contribution in [-0.2, 0) is 6.54 Å². The molecule has 0 saturated heterocycles. The lowest BCUT2D eigenvalue weighted by Crippen LogP contribution is -2.10. The molecule has 0 fully saturated rings. The molecule has 3 heteroatoms. The van der Waals surface area contributed by atoms with Gasteiger partial charge < -0.3 is 0 Å². The van der Waals surface area contributed by atoms with E-state index in [2.05, 4.69) is 5.10 Å². The Bertz CT molecular complexity index is 497. The lowest BCUT2D eigenvalue weighted by atomic mass is 10.1. The number of aryl methyl sites for hydroxylation is 2. The minimum Gasteiger partial charge on any atom is -0.292 e. The molecule has 0 saturated carbocycles. The molecule has 0 aliphatic carbocycles. The third-order valence-corrected chi connectivity index (χ3v) is 2.45. The summed E-state index contributed by atoms with van der Waals surface area (Å²) in [4.78, 5) is 11.9. The van der Waals surface area contributed by atoms with E-state index in [1.807, 2.05) is 50.4 Å². The van der Waals surface area contributed by atoms with Crippen LogP contribution in [0.15, 0.2) is 36.5 Å². The first kappa shape index (κ1) is 10.6. The van der Waals surface area contributed by atoms with Gasteiger partial charge in [0.2, 0.25) is 0 Å². The van der Waals surface area contributed by atoms with Crippen LogP contribution < -0.4 is 0 Å². The fourth-order valence-electron chi connectivity index (χ4n) is 1.53. The Morgan fingerprint density at radius 2 is 1.88 bits per heavy atom. The summed E-state index contributed by atoms with van der Waals surface area (Å²) in [5, 5.41) is 4.19. The Morgan fingerprint density at radius 1 is 1.19 bits per heavy atom. The molecule has 0 amide bonds. The summed E-state index contributed by atoms with van der Waals surface area (Å²) >= 11 is 0. The van der Waals surface area contributed by atoms with Gasteiger partial charge in [0.05, 0.1) is 5.69 Å².